The van der Waals surface area contributed by atoms with E-state index in [1.54, 1.807) is 35.8 Å². The minimum Gasteiger partial charge on any atom is -0.307 e. The van der Waals surface area contributed by atoms with Crippen LogP contribution in [-0.4, -0.2) is 21.6 Å². The Kier molecular flexibility index (Phi) is 5.44. The number of carbonyl (C=O) groups excluding carboxylic acids is 1. The normalized spacial score (nSPS) is 11.5. The number of para-hydroxylation sites is 1. The topological polar surface area (TPSA) is 82.7 Å². The van der Waals surface area contributed by atoms with Crippen LogP contribution in [-0.2, 0) is 7.05 Å². The molecule has 22 heavy (non-hydrogen) atoms. The maximum absolute atomic E-state index is 12.0. The molecule has 0 aliphatic carbocycles. The fourth-order valence-electron chi connectivity index (χ4n) is 1.70. The number of rotatable bonds is 5. The molecule has 1 aromatic carbocycles. The summed E-state index contributed by atoms with van der Waals surface area (Å²) in [5, 5.41) is 18.4. The number of benzene rings is 1. The average molecular weight is 315 g/mol. The van der Waals surface area contributed by atoms with E-state index >= 15 is 0 Å². The van der Waals surface area contributed by atoms with E-state index in [1.807, 2.05) is 31.2 Å². The van der Waals surface area contributed by atoms with Gasteiger partial charge >= 0.3 is 6.03 Å². The summed E-state index contributed by atoms with van der Waals surface area (Å²) in [6.07, 6.45) is 1.75. The van der Waals surface area contributed by atoms with Crippen LogP contribution in [0.1, 0.15) is 6.92 Å². The Morgan fingerprint density at radius 3 is 2.86 bits per heavy atom. The smallest absolute Gasteiger partial charge is 0.307 e. The fourth-order valence-corrected chi connectivity index (χ4v) is 2.65. The molecule has 0 saturated heterocycles. The third-order valence-electron chi connectivity index (χ3n) is 2.80. The van der Waals surface area contributed by atoms with Crippen molar-refractivity contribution in [1.29, 1.82) is 5.26 Å². The number of carbonyl (C=O) groups is 1. The zero-order valence-electron chi connectivity index (χ0n) is 12.4. The van der Waals surface area contributed by atoms with Crippen molar-refractivity contribution in [2.75, 3.05) is 16.4 Å². The lowest BCUT2D eigenvalue weighted by Crippen LogP contribution is -2.20. The number of nitriles is 1. The second-order valence-corrected chi connectivity index (χ2v) is 5.85. The van der Waals surface area contributed by atoms with Crippen LogP contribution in [0.4, 0.5) is 16.3 Å². The molecule has 0 aliphatic rings. The molecular formula is C15H17N5OS. The van der Waals surface area contributed by atoms with E-state index in [1.165, 1.54) is 0 Å². The first-order valence-corrected chi connectivity index (χ1v) is 7.76. The summed E-state index contributed by atoms with van der Waals surface area (Å²) in [7, 11) is 1.78. The molecule has 0 saturated carbocycles. The van der Waals surface area contributed by atoms with Crippen molar-refractivity contribution in [3.05, 3.63) is 36.5 Å². The summed E-state index contributed by atoms with van der Waals surface area (Å²) in [6, 6.07) is 11.1. The molecule has 2 amide bonds. The highest BCUT2D eigenvalue weighted by Gasteiger charge is 2.09. The third-order valence-corrected chi connectivity index (χ3v) is 4.13. The maximum atomic E-state index is 12.0. The molecule has 0 unspecified atom stereocenters. The molecule has 2 N–H and O–H groups in total. The number of amides is 2. The summed E-state index contributed by atoms with van der Waals surface area (Å²) >= 11 is 1.55. The Morgan fingerprint density at radius 2 is 2.18 bits per heavy atom. The van der Waals surface area contributed by atoms with Crippen LogP contribution < -0.4 is 10.6 Å². The molecule has 0 radical (unpaired) electrons. The lowest BCUT2D eigenvalue weighted by Gasteiger charge is -2.11. The van der Waals surface area contributed by atoms with Gasteiger partial charge < -0.3 is 5.32 Å². The minimum absolute atomic E-state index is 0.0413. The van der Waals surface area contributed by atoms with Crippen LogP contribution >= 0.6 is 11.8 Å². The number of aromatic nitrogens is 2. The van der Waals surface area contributed by atoms with Gasteiger partial charge in [0.25, 0.3) is 0 Å². The lowest BCUT2D eigenvalue weighted by atomic mass is 10.3. The lowest BCUT2D eigenvalue weighted by molar-refractivity contribution is 0.262. The number of hydrogen-bond acceptors (Lipinski definition) is 4. The van der Waals surface area contributed by atoms with E-state index in [4.69, 9.17) is 5.26 Å². The molecule has 0 fully saturated rings. The first-order chi connectivity index (χ1) is 10.6. The molecule has 0 aliphatic heterocycles. The number of urea groups is 1. The molecule has 0 spiro atoms. The van der Waals surface area contributed by atoms with Crippen molar-refractivity contribution in [1.82, 2.24) is 9.78 Å². The number of anilines is 2. The number of nitrogens with zero attached hydrogens (tertiary/aromatic N) is 3. The summed E-state index contributed by atoms with van der Waals surface area (Å²) in [5.74, 6) is 1.13. The first kappa shape index (κ1) is 15.9. The van der Waals surface area contributed by atoms with Crippen molar-refractivity contribution in [3.8, 4) is 6.07 Å². The Labute approximate surface area is 133 Å². The van der Waals surface area contributed by atoms with Gasteiger partial charge in [0.05, 0.1) is 17.7 Å². The van der Waals surface area contributed by atoms with E-state index in [0.717, 1.165) is 4.90 Å². The second kappa shape index (κ2) is 7.52. The zero-order valence-corrected chi connectivity index (χ0v) is 13.2. The van der Waals surface area contributed by atoms with Gasteiger partial charge in [-0.05, 0) is 19.1 Å². The van der Waals surface area contributed by atoms with Gasteiger partial charge in [-0.15, -0.1) is 11.8 Å². The van der Waals surface area contributed by atoms with E-state index in [0.29, 0.717) is 17.3 Å². The molecule has 2 aromatic rings. The van der Waals surface area contributed by atoms with E-state index in [2.05, 4.69) is 21.8 Å². The molecule has 1 aromatic heterocycles. The predicted octanol–water partition coefficient (Wildman–Crippen LogP) is 3.32. The molecule has 0 bridgehead atoms. The highest BCUT2D eigenvalue weighted by Crippen LogP contribution is 2.28. The predicted molar refractivity (Wildman–Crippen MR) is 87.8 cm³/mol. The van der Waals surface area contributed by atoms with Crippen LogP contribution in [0.5, 0.6) is 0 Å². The summed E-state index contributed by atoms with van der Waals surface area (Å²) in [5.41, 5.74) is 0.714. The largest absolute Gasteiger partial charge is 0.324 e. The van der Waals surface area contributed by atoms with Gasteiger partial charge in [-0.25, -0.2) is 4.79 Å². The highest BCUT2D eigenvalue weighted by molar-refractivity contribution is 7.99. The summed E-state index contributed by atoms with van der Waals surface area (Å²) < 4.78 is 1.61. The Balaban J connectivity index is 1.99. The molecule has 1 atom stereocenters. The number of nitrogens with one attached hydrogen (secondary N) is 2. The van der Waals surface area contributed by atoms with E-state index in [-0.39, 0.29) is 11.9 Å². The zero-order chi connectivity index (χ0) is 15.9. The van der Waals surface area contributed by atoms with Crippen LogP contribution in [0, 0.1) is 17.2 Å². The molecular weight excluding hydrogens is 298 g/mol. The van der Waals surface area contributed by atoms with Crippen LogP contribution in [0.15, 0.2) is 41.4 Å². The highest BCUT2D eigenvalue weighted by atomic mass is 32.2. The van der Waals surface area contributed by atoms with Crippen molar-refractivity contribution in [2.45, 2.75) is 11.8 Å². The summed E-state index contributed by atoms with van der Waals surface area (Å²) in [4.78, 5) is 12.9. The SMILES string of the molecule is C[C@@H](C#N)CSc1ccccc1NC(=O)Nc1ccn(C)n1. The van der Waals surface area contributed by atoms with E-state index in [9.17, 15) is 4.79 Å². The Hall–Kier alpha value is -2.46. The van der Waals surface area contributed by atoms with Gasteiger partial charge in [-0.1, -0.05) is 12.1 Å². The van der Waals surface area contributed by atoms with Gasteiger partial charge in [0.2, 0.25) is 0 Å². The second-order valence-electron chi connectivity index (χ2n) is 4.79. The van der Waals surface area contributed by atoms with Crippen molar-refractivity contribution < 1.29 is 4.79 Å². The summed E-state index contributed by atoms with van der Waals surface area (Å²) in [6.45, 7) is 1.87. The molecule has 6 nitrogen and oxygen atoms in total. The van der Waals surface area contributed by atoms with Crippen molar-refractivity contribution >= 4 is 29.3 Å². The quantitative estimate of drug-likeness (QED) is 0.829. The molecule has 1 heterocycles. The van der Waals surface area contributed by atoms with Gasteiger partial charge in [-0.2, -0.15) is 10.4 Å². The van der Waals surface area contributed by atoms with Gasteiger partial charge in [-0.3, -0.25) is 10.00 Å². The van der Waals surface area contributed by atoms with Gasteiger partial charge in [0.1, 0.15) is 0 Å². The van der Waals surface area contributed by atoms with Gasteiger partial charge in [0.15, 0.2) is 5.82 Å². The third kappa shape index (κ3) is 4.53. The first-order valence-electron chi connectivity index (χ1n) is 6.77. The number of thioether (sulfide) groups is 1. The molecule has 2 rings (SSSR count). The Morgan fingerprint density at radius 1 is 1.41 bits per heavy atom. The van der Waals surface area contributed by atoms with Gasteiger partial charge in [0, 0.05) is 30.0 Å². The van der Waals surface area contributed by atoms with Crippen molar-refractivity contribution in [2.24, 2.45) is 13.0 Å². The average Bonchev–Trinajstić information content (AvgIpc) is 2.90. The molecule has 7 heteroatoms. The number of aryl methyl sites for hydroxylation is 1. The Bertz CT molecular complexity index is 691. The van der Waals surface area contributed by atoms with Crippen LogP contribution in [0.2, 0.25) is 0 Å². The van der Waals surface area contributed by atoms with Crippen molar-refractivity contribution in [3.63, 3.8) is 0 Å². The molecule has 114 valence electrons. The fraction of sp³-hybridized carbons (Fsp3) is 0.267. The van der Waals surface area contributed by atoms with E-state index < -0.39 is 0 Å². The maximum Gasteiger partial charge on any atom is 0.324 e. The minimum atomic E-state index is -0.347. The van der Waals surface area contributed by atoms with Crippen LogP contribution in [0.25, 0.3) is 0 Å². The van der Waals surface area contributed by atoms with Crippen LogP contribution in [0.3, 0.4) is 0 Å². The standard InChI is InChI=1S/C15H17N5OS/c1-11(9-16)10-22-13-6-4-3-5-12(13)17-15(21)18-14-7-8-20(2)19-14/h3-8,11H,10H2,1-2H3,(H2,17,18,19,21)/t11-/m0/s1. The number of hydrogen-bond donors (Lipinski definition) is 2. The monoisotopic (exact) mass is 315 g/mol.